The monoisotopic (exact) mass is 344 g/mol. The van der Waals surface area contributed by atoms with Gasteiger partial charge in [0.05, 0.1) is 11.3 Å². The summed E-state index contributed by atoms with van der Waals surface area (Å²) in [5.41, 5.74) is 1.69. The third-order valence-corrected chi connectivity index (χ3v) is 4.96. The maximum Gasteiger partial charge on any atom is 0.257 e. The molecular weight excluding hydrogens is 332 g/mol. The van der Waals surface area contributed by atoms with Gasteiger partial charge in [-0.25, -0.2) is 4.68 Å². The number of thioether (sulfide) groups is 1. The Morgan fingerprint density at radius 2 is 2.09 bits per heavy atom. The molecule has 0 aliphatic rings. The topological polar surface area (TPSA) is 77.7 Å². The van der Waals surface area contributed by atoms with Crippen LogP contribution in [0.3, 0.4) is 0 Å². The zero-order chi connectivity index (χ0) is 16.2. The third-order valence-electron chi connectivity index (χ3n) is 3.00. The summed E-state index contributed by atoms with van der Waals surface area (Å²) in [6, 6.07) is 9.30. The predicted molar refractivity (Wildman–Crippen MR) is 89.0 cm³/mol. The van der Waals surface area contributed by atoms with Crippen LogP contribution in [0, 0.1) is 6.92 Å². The molecule has 0 amide bonds. The van der Waals surface area contributed by atoms with Crippen LogP contribution in [-0.4, -0.2) is 37.9 Å². The Morgan fingerprint density at radius 1 is 1.30 bits per heavy atom. The smallest absolute Gasteiger partial charge is 0.257 e. The summed E-state index contributed by atoms with van der Waals surface area (Å²) in [7, 11) is 0. The van der Waals surface area contributed by atoms with Crippen LogP contribution in [0.15, 0.2) is 40.9 Å². The van der Waals surface area contributed by atoms with Gasteiger partial charge in [-0.2, -0.15) is 5.10 Å². The van der Waals surface area contributed by atoms with E-state index < -0.39 is 0 Å². The second-order valence-corrected chi connectivity index (χ2v) is 7.04. The van der Waals surface area contributed by atoms with Crippen molar-refractivity contribution >= 4 is 35.3 Å². The molecule has 0 aliphatic heterocycles. The predicted octanol–water partition coefficient (Wildman–Crippen LogP) is 2.96. The molecule has 6 nitrogen and oxygen atoms in total. The van der Waals surface area contributed by atoms with Crippen LogP contribution in [0.5, 0.6) is 0 Å². The number of carbonyl (C=O) groups excluding carboxylic acids is 2. The van der Waals surface area contributed by atoms with E-state index in [9.17, 15) is 9.59 Å². The molecule has 0 bridgehead atoms. The molecule has 0 atom stereocenters. The Labute approximate surface area is 140 Å². The van der Waals surface area contributed by atoms with Gasteiger partial charge in [0.2, 0.25) is 0 Å². The van der Waals surface area contributed by atoms with Gasteiger partial charge in [0.15, 0.2) is 10.6 Å². The van der Waals surface area contributed by atoms with Gasteiger partial charge in [-0.15, -0.1) is 10.2 Å². The fraction of sp³-hybridized carbons (Fsp3) is 0.133. The zero-order valence-corrected chi connectivity index (χ0v) is 13.8. The molecular formula is C15H12N4O2S2. The van der Waals surface area contributed by atoms with Crippen molar-refractivity contribution in [2.75, 3.05) is 5.75 Å². The highest BCUT2D eigenvalue weighted by Crippen LogP contribution is 2.23. The summed E-state index contributed by atoms with van der Waals surface area (Å²) in [5, 5.41) is 13.0. The Bertz CT molecular complexity index is 842. The molecule has 0 saturated heterocycles. The normalized spacial score (nSPS) is 10.7. The second kappa shape index (κ2) is 6.84. The van der Waals surface area contributed by atoms with Crippen LogP contribution >= 0.6 is 23.1 Å². The fourth-order valence-electron chi connectivity index (χ4n) is 1.95. The summed E-state index contributed by atoms with van der Waals surface area (Å²) < 4.78 is 1.95. The molecule has 116 valence electrons. The van der Waals surface area contributed by atoms with E-state index in [2.05, 4.69) is 15.3 Å². The van der Waals surface area contributed by atoms with Crippen molar-refractivity contribution in [3.05, 3.63) is 47.1 Å². The van der Waals surface area contributed by atoms with Gasteiger partial charge in [0.25, 0.3) is 5.91 Å². The van der Waals surface area contributed by atoms with Crippen LogP contribution in [0.4, 0.5) is 0 Å². The molecule has 0 unspecified atom stereocenters. The van der Waals surface area contributed by atoms with Crippen LogP contribution in [0.1, 0.15) is 20.2 Å². The second-order valence-electron chi connectivity index (χ2n) is 4.63. The van der Waals surface area contributed by atoms with Crippen molar-refractivity contribution in [1.29, 1.82) is 0 Å². The van der Waals surface area contributed by atoms with E-state index in [0.717, 1.165) is 14.9 Å². The van der Waals surface area contributed by atoms with Gasteiger partial charge < -0.3 is 0 Å². The van der Waals surface area contributed by atoms with Gasteiger partial charge in [-0.05, 0) is 6.92 Å². The highest BCUT2D eigenvalue weighted by atomic mass is 32.2. The van der Waals surface area contributed by atoms with E-state index >= 15 is 0 Å². The molecule has 0 spiro atoms. The van der Waals surface area contributed by atoms with Gasteiger partial charge in [-0.1, -0.05) is 53.4 Å². The van der Waals surface area contributed by atoms with Gasteiger partial charge in [0.1, 0.15) is 10.7 Å². The van der Waals surface area contributed by atoms with E-state index in [-0.39, 0.29) is 11.7 Å². The highest BCUT2D eigenvalue weighted by Gasteiger charge is 2.15. The molecule has 2 aromatic heterocycles. The first-order valence-corrected chi connectivity index (χ1v) is 8.54. The minimum absolute atomic E-state index is 0.183. The van der Waals surface area contributed by atoms with Gasteiger partial charge >= 0.3 is 0 Å². The first-order valence-electron chi connectivity index (χ1n) is 6.74. The van der Waals surface area contributed by atoms with Crippen LogP contribution in [-0.2, 0) is 0 Å². The summed E-state index contributed by atoms with van der Waals surface area (Å²) in [5.74, 6) is -0.0313. The number of carbonyl (C=O) groups is 2. The van der Waals surface area contributed by atoms with Crippen LogP contribution < -0.4 is 0 Å². The van der Waals surface area contributed by atoms with E-state index in [4.69, 9.17) is 0 Å². The third kappa shape index (κ3) is 3.54. The molecule has 0 fully saturated rings. The maximum atomic E-state index is 12.3. The standard InChI is InChI=1S/C15H12N4O2S2/c1-10-16-17-15(23-10)22-9-13(21)19-7-12(8-20)14(18-19)11-5-3-2-4-6-11/h2-8H,9H2,1H3. The quantitative estimate of drug-likeness (QED) is 0.523. The van der Waals surface area contributed by atoms with E-state index in [1.54, 1.807) is 0 Å². The van der Waals surface area contributed by atoms with E-state index in [1.807, 2.05) is 37.3 Å². The number of hydrogen-bond donors (Lipinski definition) is 0. The van der Waals surface area contributed by atoms with Crippen molar-refractivity contribution < 1.29 is 9.59 Å². The van der Waals surface area contributed by atoms with E-state index in [1.165, 1.54) is 34.0 Å². The average Bonchev–Trinajstić information content (AvgIpc) is 3.19. The van der Waals surface area contributed by atoms with Crippen molar-refractivity contribution in [2.24, 2.45) is 0 Å². The van der Waals surface area contributed by atoms with Crippen molar-refractivity contribution in [2.45, 2.75) is 11.3 Å². The number of nitrogens with zero attached hydrogens (tertiary/aromatic N) is 4. The molecule has 23 heavy (non-hydrogen) atoms. The number of aldehydes is 1. The molecule has 1 aromatic carbocycles. The average molecular weight is 344 g/mol. The number of rotatable bonds is 5. The lowest BCUT2D eigenvalue weighted by atomic mass is 10.1. The number of hydrogen-bond acceptors (Lipinski definition) is 7. The molecule has 3 rings (SSSR count). The minimum Gasteiger partial charge on any atom is -0.298 e. The Balaban J connectivity index is 1.79. The summed E-state index contributed by atoms with van der Waals surface area (Å²) in [6.45, 7) is 1.86. The number of benzene rings is 1. The summed E-state index contributed by atoms with van der Waals surface area (Å²) in [4.78, 5) is 23.5. The molecule has 0 saturated carbocycles. The summed E-state index contributed by atoms with van der Waals surface area (Å²) >= 11 is 2.75. The zero-order valence-electron chi connectivity index (χ0n) is 12.2. The highest BCUT2D eigenvalue weighted by molar-refractivity contribution is 8.01. The first-order chi connectivity index (χ1) is 11.2. The largest absolute Gasteiger partial charge is 0.298 e. The number of aryl methyl sites for hydroxylation is 1. The Kier molecular flexibility index (Phi) is 4.63. The van der Waals surface area contributed by atoms with Crippen LogP contribution in [0.2, 0.25) is 0 Å². The van der Waals surface area contributed by atoms with Crippen molar-refractivity contribution in [3.63, 3.8) is 0 Å². The SMILES string of the molecule is Cc1nnc(SCC(=O)n2cc(C=O)c(-c3ccccc3)n2)s1. The number of aromatic nitrogens is 4. The molecule has 0 radical (unpaired) electrons. The van der Waals surface area contributed by atoms with E-state index in [0.29, 0.717) is 17.5 Å². The molecule has 0 N–H and O–H groups in total. The van der Waals surface area contributed by atoms with Crippen molar-refractivity contribution in [1.82, 2.24) is 20.0 Å². The van der Waals surface area contributed by atoms with Crippen molar-refractivity contribution in [3.8, 4) is 11.3 Å². The Morgan fingerprint density at radius 3 is 2.74 bits per heavy atom. The Hall–Kier alpha value is -2.32. The first kappa shape index (κ1) is 15.6. The molecule has 0 aliphatic carbocycles. The minimum atomic E-state index is -0.215. The lowest BCUT2D eigenvalue weighted by molar-refractivity contribution is 0.0927. The molecule has 2 heterocycles. The lowest BCUT2D eigenvalue weighted by Gasteiger charge is -1.99. The molecule has 3 aromatic rings. The maximum absolute atomic E-state index is 12.3. The fourth-order valence-corrected chi connectivity index (χ4v) is 3.62. The van der Waals surface area contributed by atoms with Gasteiger partial charge in [-0.3, -0.25) is 9.59 Å². The molecule has 8 heteroatoms. The lowest BCUT2D eigenvalue weighted by Crippen LogP contribution is -2.13. The summed E-state index contributed by atoms with van der Waals surface area (Å²) in [6.07, 6.45) is 2.17. The van der Waals surface area contributed by atoms with Crippen LogP contribution in [0.25, 0.3) is 11.3 Å². The van der Waals surface area contributed by atoms with Gasteiger partial charge in [0, 0.05) is 11.8 Å².